The molecule has 0 saturated heterocycles. The van der Waals surface area contributed by atoms with Gasteiger partial charge in [0, 0.05) is 24.1 Å². The zero-order valence-electron chi connectivity index (χ0n) is 13.9. The van der Waals surface area contributed by atoms with E-state index in [4.69, 9.17) is 0 Å². The average molecular weight is 333 g/mol. The molecular weight excluding hydrogens is 304 g/mol. The Labute approximate surface area is 145 Å². The lowest BCUT2D eigenvalue weighted by Gasteiger charge is -2.24. The van der Waals surface area contributed by atoms with Gasteiger partial charge >= 0.3 is 0 Å². The first-order valence-corrected chi connectivity index (χ1v) is 9.11. The van der Waals surface area contributed by atoms with Gasteiger partial charge in [0.05, 0.1) is 6.10 Å². The van der Waals surface area contributed by atoms with E-state index in [1.54, 1.807) is 6.20 Å². The Kier molecular flexibility index (Phi) is 7.69. The van der Waals surface area contributed by atoms with Crippen molar-refractivity contribution in [3.63, 3.8) is 0 Å². The number of imidazole rings is 1. The van der Waals surface area contributed by atoms with Crippen LogP contribution < -0.4 is 0 Å². The fourth-order valence-corrected chi connectivity index (χ4v) is 3.35. The van der Waals surface area contributed by atoms with E-state index in [-0.39, 0.29) is 11.4 Å². The molecule has 1 aromatic heterocycles. The van der Waals surface area contributed by atoms with E-state index in [0.29, 0.717) is 5.92 Å². The van der Waals surface area contributed by atoms with Crippen LogP contribution in [0, 0.1) is 0 Å². The largest absolute Gasteiger partial charge is 0.392 e. The third-order valence-electron chi connectivity index (χ3n) is 4.34. The zero-order valence-corrected chi connectivity index (χ0v) is 14.8. The first-order chi connectivity index (χ1) is 11.2. The lowest BCUT2D eigenvalue weighted by atomic mass is 9.89. The fraction of sp³-hybridized carbons (Fsp3) is 0.526. The number of aliphatic hydroxyl groups is 1. The fourth-order valence-electron chi connectivity index (χ4n) is 2.95. The maximum atomic E-state index is 10.4. The normalized spacial score (nSPS) is 15.3. The van der Waals surface area contributed by atoms with E-state index < -0.39 is 0 Å². The van der Waals surface area contributed by atoms with Crippen LogP contribution in [-0.4, -0.2) is 26.4 Å². The summed E-state index contributed by atoms with van der Waals surface area (Å²) < 4.78 is 0. The number of unbranched alkanes of at least 4 members (excludes halogenated alkanes) is 2. The van der Waals surface area contributed by atoms with Crippen LogP contribution in [0.25, 0.3) is 0 Å². The zero-order chi connectivity index (χ0) is 16.5. The Morgan fingerprint density at radius 3 is 2.65 bits per heavy atom. The number of nitrogens with one attached hydrogen (secondary N) is 1. The second-order valence-electron chi connectivity index (χ2n) is 6.21. The van der Waals surface area contributed by atoms with Gasteiger partial charge < -0.3 is 10.1 Å². The summed E-state index contributed by atoms with van der Waals surface area (Å²) in [6.07, 6.45) is 9.25. The maximum Gasteiger partial charge on any atom is 0.106 e. The van der Waals surface area contributed by atoms with Gasteiger partial charge in [-0.2, -0.15) is 12.6 Å². The summed E-state index contributed by atoms with van der Waals surface area (Å²) in [5.74, 6) is 1.30. The van der Waals surface area contributed by atoms with E-state index in [1.807, 2.05) is 12.3 Å². The number of nitrogens with zero attached hydrogens (tertiary/aromatic N) is 1. The SMILES string of the molecule is CCCCCC(O)C(S)CC(Cc1ncc[nH]1)c1ccccc1. The number of rotatable bonds is 10. The summed E-state index contributed by atoms with van der Waals surface area (Å²) in [5.41, 5.74) is 1.28. The Balaban J connectivity index is 1.99. The molecule has 0 spiro atoms. The van der Waals surface area contributed by atoms with Gasteiger partial charge in [0.25, 0.3) is 0 Å². The summed E-state index contributed by atoms with van der Waals surface area (Å²) in [4.78, 5) is 7.53. The van der Waals surface area contributed by atoms with Crippen LogP contribution in [0.4, 0.5) is 0 Å². The van der Waals surface area contributed by atoms with Crippen LogP contribution in [0.5, 0.6) is 0 Å². The molecule has 0 radical (unpaired) electrons. The third-order valence-corrected chi connectivity index (χ3v) is 4.89. The van der Waals surface area contributed by atoms with Crippen LogP contribution >= 0.6 is 12.6 Å². The second kappa shape index (κ2) is 9.78. The van der Waals surface area contributed by atoms with Crippen molar-refractivity contribution in [3.05, 3.63) is 54.1 Å². The molecule has 0 aliphatic heterocycles. The summed E-state index contributed by atoms with van der Waals surface area (Å²) in [6.45, 7) is 2.18. The van der Waals surface area contributed by atoms with Crippen LogP contribution in [-0.2, 0) is 6.42 Å². The topological polar surface area (TPSA) is 48.9 Å². The van der Waals surface area contributed by atoms with Crippen molar-refractivity contribution in [2.75, 3.05) is 0 Å². The number of benzene rings is 1. The number of thiol groups is 1. The number of hydrogen-bond acceptors (Lipinski definition) is 3. The van der Waals surface area contributed by atoms with E-state index in [1.165, 1.54) is 18.4 Å². The van der Waals surface area contributed by atoms with Crippen molar-refractivity contribution < 1.29 is 5.11 Å². The molecular formula is C19H28N2OS. The van der Waals surface area contributed by atoms with Crippen LogP contribution in [0.3, 0.4) is 0 Å². The smallest absolute Gasteiger partial charge is 0.106 e. The molecule has 2 N–H and O–H groups in total. The van der Waals surface area contributed by atoms with Crippen molar-refractivity contribution in [1.82, 2.24) is 9.97 Å². The molecule has 0 aliphatic rings. The van der Waals surface area contributed by atoms with E-state index >= 15 is 0 Å². The van der Waals surface area contributed by atoms with Crippen molar-refractivity contribution in [2.24, 2.45) is 0 Å². The first kappa shape index (κ1) is 18.1. The van der Waals surface area contributed by atoms with Crippen LogP contribution in [0.15, 0.2) is 42.7 Å². The molecule has 0 fully saturated rings. The lowest BCUT2D eigenvalue weighted by Crippen LogP contribution is -2.24. The van der Waals surface area contributed by atoms with Gasteiger partial charge in [0.1, 0.15) is 5.82 Å². The van der Waals surface area contributed by atoms with E-state index in [2.05, 4.69) is 53.8 Å². The highest BCUT2D eigenvalue weighted by Crippen LogP contribution is 2.28. The molecule has 3 atom stereocenters. The molecule has 1 heterocycles. The predicted molar refractivity (Wildman–Crippen MR) is 99.0 cm³/mol. The number of aromatic nitrogens is 2. The predicted octanol–water partition coefficient (Wildman–Crippen LogP) is 4.37. The molecule has 126 valence electrons. The van der Waals surface area contributed by atoms with E-state index in [9.17, 15) is 5.11 Å². The summed E-state index contributed by atoms with van der Waals surface area (Å²) >= 11 is 4.69. The lowest BCUT2D eigenvalue weighted by molar-refractivity contribution is 0.152. The van der Waals surface area contributed by atoms with Crippen molar-refractivity contribution in [2.45, 2.75) is 62.7 Å². The minimum Gasteiger partial charge on any atom is -0.392 e. The standard InChI is InChI=1S/C19H28N2OS/c1-2-3-5-10-17(22)18(23)13-16(14-19-20-11-12-21-19)15-8-6-4-7-9-15/h4,6-9,11-12,16-18,22-23H,2-3,5,10,13-14H2,1H3,(H,20,21). The number of H-pyrrole nitrogens is 1. The number of aliphatic hydroxyl groups excluding tert-OH is 1. The summed E-state index contributed by atoms with van der Waals surface area (Å²) in [6, 6.07) is 10.5. The molecule has 2 rings (SSSR count). The highest BCUT2D eigenvalue weighted by Gasteiger charge is 2.22. The number of hydrogen-bond donors (Lipinski definition) is 3. The molecule has 1 aromatic carbocycles. The summed E-state index contributed by atoms with van der Waals surface area (Å²) in [5, 5.41) is 10.4. The summed E-state index contributed by atoms with van der Waals surface area (Å²) in [7, 11) is 0. The Hall–Kier alpha value is -1.26. The molecule has 0 bridgehead atoms. The second-order valence-corrected chi connectivity index (χ2v) is 6.88. The highest BCUT2D eigenvalue weighted by atomic mass is 32.1. The van der Waals surface area contributed by atoms with Gasteiger partial charge in [-0.3, -0.25) is 0 Å². The van der Waals surface area contributed by atoms with Gasteiger partial charge in [0.2, 0.25) is 0 Å². The minimum atomic E-state index is -0.340. The Morgan fingerprint density at radius 1 is 1.22 bits per heavy atom. The Morgan fingerprint density at radius 2 is 2.00 bits per heavy atom. The highest BCUT2D eigenvalue weighted by molar-refractivity contribution is 7.81. The molecule has 2 aromatic rings. The average Bonchev–Trinajstić information content (AvgIpc) is 3.08. The van der Waals surface area contributed by atoms with Gasteiger partial charge in [-0.25, -0.2) is 4.98 Å². The maximum absolute atomic E-state index is 10.4. The van der Waals surface area contributed by atoms with Gasteiger partial charge in [0.15, 0.2) is 0 Å². The molecule has 3 unspecified atom stereocenters. The molecule has 3 nitrogen and oxygen atoms in total. The van der Waals surface area contributed by atoms with Crippen LogP contribution in [0.2, 0.25) is 0 Å². The monoisotopic (exact) mass is 332 g/mol. The minimum absolute atomic E-state index is 0.00738. The first-order valence-electron chi connectivity index (χ1n) is 8.60. The van der Waals surface area contributed by atoms with E-state index in [0.717, 1.165) is 31.5 Å². The Bertz CT molecular complexity index is 530. The van der Waals surface area contributed by atoms with Gasteiger partial charge in [-0.15, -0.1) is 0 Å². The van der Waals surface area contributed by atoms with Crippen LogP contribution in [0.1, 0.15) is 56.3 Å². The molecule has 23 heavy (non-hydrogen) atoms. The third kappa shape index (κ3) is 6.04. The molecule has 4 heteroatoms. The molecule has 0 saturated carbocycles. The molecule has 0 aliphatic carbocycles. The van der Waals surface area contributed by atoms with Gasteiger partial charge in [-0.05, 0) is 24.3 Å². The quantitative estimate of drug-likeness (QED) is 0.447. The van der Waals surface area contributed by atoms with Gasteiger partial charge in [-0.1, -0.05) is 56.5 Å². The number of aromatic amines is 1. The van der Waals surface area contributed by atoms with Crippen molar-refractivity contribution in [1.29, 1.82) is 0 Å². The van der Waals surface area contributed by atoms with Crippen molar-refractivity contribution in [3.8, 4) is 0 Å². The molecule has 0 amide bonds. The van der Waals surface area contributed by atoms with Crippen molar-refractivity contribution >= 4 is 12.6 Å².